The van der Waals surface area contributed by atoms with E-state index in [1.54, 1.807) is 6.92 Å². The number of piperidine rings is 2. The van der Waals surface area contributed by atoms with Gasteiger partial charge in [0.25, 0.3) is 0 Å². The molecule has 2 saturated heterocycles. The van der Waals surface area contributed by atoms with E-state index in [0.29, 0.717) is 5.41 Å². The summed E-state index contributed by atoms with van der Waals surface area (Å²) in [5.74, 6) is -0.274. The zero-order chi connectivity index (χ0) is 14.4. The molecule has 1 unspecified atom stereocenters. The zero-order valence-corrected chi connectivity index (χ0v) is 12.2. The van der Waals surface area contributed by atoms with E-state index >= 15 is 0 Å². The van der Waals surface area contributed by atoms with Crippen molar-refractivity contribution in [1.82, 2.24) is 15.5 Å². The summed E-state index contributed by atoms with van der Waals surface area (Å²) in [6, 6.07) is 0. The smallest absolute Gasteiger partial charge is 0.413 e. The molecule has 114 valence electrons. The van der Waals surface area contributed by atoms with E-state index in [1.807, 2.05) is 0 Å². The third-order valence-electron chi connectivity index (χ3n) is 4.19. The Labute approximate surface area is 120 Å². The normalized spacial score (nSPS) is 27.2. The van der Waals surface area contributed by atoms with E-state index in [0.717, 1.165) is 32.6 Å². The molecule has 2 aliphatic heterocycles. The Morgan fingerprint density at radius 1 is 1.35 bits per heavy atom. The Bertz CT molecular complexity index is 348. The molecular weight excluding hydrogens is 258 g/mol. The van der Waals surface area contributed by atoms with Crippen LogP contribution in [0, 0.1) is 5.41 Å². The fourth-order valence-corrected chi connectivity index (χ4v) is 3.35. The van der Waals surface area contributed by atoms with Crippen molar-refractivity contribution in [3.05, 3.63) is 0 Å². The summed E-state index contributed by atoms with van der Waals surface area (Å²) in [7, 11) is 0. The highest BCUT2D eigenvalue weighted by Gasteiger charge is 2.36. The van der Waals surface area contributed by atoms with Crippen LogP contribution < -0.4 is 10.6 Å². The average Bonchev–Trinajstić information content (AvgIpc) is 2.39. The number of imide groups is 1. The van der Waals surface area contributed by atoms with Crippen LogP contribution in [0.3, 0.4) is 0 Å². The molecule has 2 aliphatic rings. The lowest BCUT2D eigenvalue weighted by molar-refractivity contribution is -0.122. The van der Waals surface area contributed by atoms with E-state index in [-0.39, 0.29) is 19.1 Å². The molecule has 2 amide bonds. The molecule has 20 heavy (non-hydrogen) atoms. The van der Waals surface area contributed by atoms with Crippen molar-refractivity contribution in [2.45, 2.75) is 32.6 Å². The predicted molar refractivity (Wildman–Crippen MR) is 75.4 cm³/mol. The molecule has 2 fully saturated rings. The molecule has 6 nitrogen and oxygen atoms in total. The van der Waals surface area contributed by atoms with Gasteiger partial charge in [0.1, 0.15) is 0 Å². The molecule has 6 heteroatoms. The van der Waals surface area contributed by atoms with Gasteiger partial charge in [0.05, 0.1) is 13.2 Å². The molecule has 2 N–H and O–H groups in total. The number of amides is 2. The maximum Gasteiger partial charge on any atom is 0.413 e. The Kier molecular flexibility index (Phi) is 5.37. The molecule has 0 aromatic rings. The van der Waals surface area contributed by atoms with E-state index in [9.17, 15) is 9.59 Å². The Morgan fingerprint density at radius 3 is 2.85 bits per heavy atom. The largest absolute Gasteiger partial charge is 0.450 e. The van der Waals surface area contributed by atoms with E-state index in [2.05, 4.69) is 15.5 Å². The van der Waals surface area contributed by atoms with Crippen LogP contribution in [-0.4, -0.2) is 56.2 Å². The highest BCUT2D eigenvalue weighted by molar-refractivity contribution is 5.92. The molecule has 2 rings (SSSR count). The van der Waals surface area contributed by atoms with Gasteiger partial charge in [0, 0.05) is 13.1 Å². The summed E-state index contributed by atoms with van der Waals surface area (Å²) < 4.78 is 4.71. The van der Waals surface area contributed by atoms with Crippen molar-refractivity contribution in [2.24, 2.45) is 5.41 Å². The van der Waals surface area contributed by atoms with E-state index in [4.69, 9.17) is 4.74 Å². The summed E-state index contributed by atoms with van der Waals surface area (Å²) in [4.78, 5) is 25.2. The van der Waals surface area contributed by atoms with Crippen molar-refractivity contribution in [2.75, 3.05) is 39.3 Å². The predicted octanol–water partition coefficient (Wildman–Crippen LogP) is 0.725. The van der Waals surface area contributed by atoms with Crippen LogP contribution >= 0.6 is 0 Å². The second-order valence-electron chi connectivity index (χ2n) is 5.86. The number of hydrogen-bond donors (Lipinski definition) is 2. The minimum atomic E-state index is -0.649. The lowest BCUT2D eigenvalue weighted by Gasteiger charge is -2.45. The van der Waals surface area contributed by atoms with Crippen LogP contribution in [0.15, 0.2) is 0 Å². The van der Waals surface area contributed by atoms with Crippen LogP contribution in [0.4, 0.5) is 4.79 Å². The maximum absolute atomic E-state index is 11.8. The van der Waals surface area contributed by atoms with Crippen molar-refractivity contribution in [1.29, 1.82) is 0 Å². The minimum Gasteiger partial charge on any atom is -0.450 e. The fraction of sp³-hybridized carbons (Fsp3) is 0.857. The summed E-state index contributed by atoms with van der Waals surface area (Å²) in [6.07, 6.45) is 4.15. The van der Waals surface area contributed by atoms with Crippen LogP contribution in [0.5, 0.6) is 0 Å². The summed E-state index contributed by atoms with van der Waals surface area (Å²) >= 11 is 0. The van der Waals surface area contributed by atoms with Crippen LogP contribution in [0.2, 0.25) is 0 Å². The second kappa shape index (κ2) is 7.04. The first kappa shape index (κ1) is 15.3. The summed E-state index contributed by atoms with van der Waals surface area (Å²) in [6.45, 7) is 6.29. The molecular formula is C14H25N3O3. The highest BCUT2D eigenvalue weighted by atomic mass is 16.5. The second-order valence-corrected chi connectivity index (χ2v) is 5.86. The van der Waals surface area contributed by atoms with Gasteiger partial charge in [-0.05, 0) is 51.1 Å². The van der Waals surface area contributed by atoms with Crippen molar-refractivity contribution < 1.29 is 14.3 Å². The number of nitrogens with one attached hydrogen (secondary N) is 2. The van der Waals surface area contributed by atoms with Gasteiger partial charge in [-0.25, -0.2) is 4.79 Å². The Morgan fingerprint density at radius 2 is 2.15 bits per heavy atom. The molecule has 0 aromatic heterocycles. The first-order valence-corrected chi connectivity index (χ1v) is 7.53. The maximum atomic E-state index is 11.8. The van der Waals surface area contributed by atoms with Gasteiger partial charge < -0.3 is 10.1 Å². The molecule has 1 atom stereocenters. The third kappa shape index (κ3) is 4.18. The van der Waals surface area contributed by atoms with E-state index in [1.165, 1.54) is 19.3 Å². The molecule has 1 spiro atoms. The molecule has 0 bridgehead atoms. The molecule has 0 radical (unpaired) electrons. The van der Waals surface area contributed by atoms with Gasteiger partial charge in [0.2, 0.25) is 5.91 Å². The SMILES string of the molecule is CCOC(=O)NC(=O)CN1CCCC2(CCCNC2)C1. The first-order valence-electron chi connectivity index (χ1n) is 7.53. The lowest BCUT2D eigenvalue weighted by atomic mass is 9.74. The van der Waals surface area contributed by atoms with Gasteiger partial charge in [-0.3, -0.25) is 15.0 Å². The van der Waals surface area contributed by atoms with Gasteiger partial charge >= 0.3 is 6.09 Å². The van der Waals surface area contributed by atoms with Crippen LogP contribution in [0.25, 0.3) is 0 Å². The number of carbonyl (C=O) groups excluding carboxylic acids is 2. The Balaban J connectivity index is 1.80. The average molecular weight is 283 g/mol. The van der Waals surface area contributed by atoms with Crippen LogP contribution in [0.1, 0.15) is 32.6 Å². The summed E-state index contributed by atoms with van der Waals surface area (Å²) in [5.41, 5.74) is 0.320. The third-order valence-corrected chi connectivity index (χ3v) is 4.19. The van der Waals surface area contributed by atoms with Gasteiger partial charge in [-0.15, -0.1) is 0 Å². The number of hydrogen-bond acceptors (Lipinski definition) is 5. The molecule has 2 heterocycles. The van der Waals surface area contributed by atoms with E-state index < -0.39 is 6.09 Å². The zero-order valence-electron chi connectivity index (χ0n) is 12.2. The van der Waals surface area contributed by atoms with Crippen molar-refractivity contribution >= 4 is 12.0 Å². The van der Waals surface area contributed by atoms with Gasteiger partial charge in [-0.2, -0.15) is 0 Å². The number of rotatable bonds is 3. The first-order chi connectivity index (χ1) is 9.63. The van der Waals surface area contributed by atoms with Gasteiger partial charge in [-0.1, -0.05) is 0 Å². The quantitative estimate of drug-likeness (QED) is 0.799. The number of nitrogens with zero attached hydrogens (tertiary/aromatic N) is 1. The lowest BCUT2D eigenvalue weighted by Crippen LogP contribution is -2.53. The molecule has 0 aliphatic carbocycles. The standard InChI is InChI=1S/C14H25N3O3/c1-2-20-13(19)16-12(18)9-17-8-4-6-14(11-17)5-3-7-15-10-14/h15H,2-11H2,1H3,(H,16,18,19). The van der Waals surface area contributed by atoms with Crippen LogP contribution in [-0.2, 0) is 9.53 Å². The summed E-state index contributed by atoms with van der Waals surface area (Å²) in [5, 5.41) is 5.73. The fourth-order valence-electron chi connectivity index (χ4n) is 3.35. The number of carbonyl (C=O) groups is 2. The van der Waals surface area contributed by atoms with Gasteiger partial charge in [0.15, 0.2) is 0 Å². The molecule has 0 aromatic carbocycles. The van der Waals surface area contributed by atoms with Crippen molar-refractivity contribution in [3.8, 4) is 0 Å². The number of alkyl carbamates (subject to hydrolysis) is 1. The van der Waals surface area contributed by atoms with Crippen molar-refractivity contribution in [3.63, 3.8) is 0 Å². The minimum absolute atomic E-state index is 0.274. The monoisotopic (exact) mass is 283 g/mol. The highest BCUT2D eigenvalue weighted by Crippen LogP contribution is 2.35. The number of likely N-dealkylation sites (tertiary alicyclic amines) is 1. The number of ether oxygens (including phenoxy) is 1. The Hall–Kier alpha value is -1.14. The topological polar surface area (TPSA) is 70.7 Å². The molecule has 0 saturated carbocycles.